The molecule has 0 aliphatic carbocycles. The van der Waals surface area contributed by atoms with Crippen LogP contribution in [-0.4, -0.2) is 28.6 Å². The number of carboxylic acid groups (broad SMARTS) is 1. The van der Waals surface area contributed by atoms with Crippen molar-refractivity contribution in [3.8, 4) is 5.75 Å². The summed E-state index contributed by atoms with van der Waals surface area (Å²) < 4.78 is 0. The molecule has 0 spiro atoms. The third-order valence-corrected chi connectivity index (χ3v) is 3.10. The van der Waals surface area contributed by atoms with E-state index in [-0.39, 0.29) is 30.0 Å². The van der Waals surface area contributed by atoms with Crippen LogP contribution in [0.3, 0.4) is 0 Å². The van der Waals surface area contributed by atoms with Crippen molar-refractivity contribution < 1.29 is 19.8 Å². The van der Waals surface area contributed by atoms with E-state index in [0.29, 0.717) is 12.0 Å². The molecule has 0 heterocycles. The average molecular weight is 293 g/mol. The summed E-state index contributed by atoms with van der Waals surface area (Å²) in [5, 5.41) is 21.4. The minimum absolute atomic E-state index is 0.0362. The molecular weight excluding hydrogens is 270 g/mol. The van der Waals surface area contributed by atoms with Gasteiger partial charge in [0, 0.05) is 12.1 Å². The Morgan fingerprint density at radius 2 is 1.86 bits per heavy atom. The maximum absolute atomic E-state index is 11.8. The Morgan fingerprint density at radius 3 is 2.38 bits per heavy atom. The molecule has 5 heteroatoms. The van der Waals surface area contributed by atoms with Gasteiger partial charge in [0.25, 0.3) is 0 Å². The number of amides is 1. The lowest BCUT2D eigenvalue weighted by Gasteiger charge is -2.23. The van der Waals surface area contributed by atoms with Gasteiger partial charge in [-0.25, -0.2) is 0 Å². The van der Waals surface area contributed by atoms with Gasteiger partial charge in [0.05, 0.1) is 12.3 Å². The van der Waals surface area contributed by atoms with Crippen LogP contribution in [0.2, 0.25) is 0 Å². The van der Waals surface area contributed by atoms with E-state index in [1.54, 1.807) is 18.2 Å². The van der Waals surface area contributed by atoms with Crippen molar-refractivity contribution in [3.63, 3.8) is 0 Å². The summed E-state index contributed by atoms with van der Waals surface area (Å²) in [6, 6.07) is 6.60. The molecule has 0 aliphatic heterocycles. The quantitative estimate of drug-likeness (QED) is 0.750. The van der Waals surface area contributed by atoms with Crippen molar-refractivity contribution in [2.45, 2.75) is 33.6 Å². The molecule has 0 aromatic heterocycles. The molecule has 0 bridgehead atoms. The van der Waals surface area contributed by atoms with Gasteiger partial charge in [0.2, 0.25) is 5.91 Å². The molecule has 0 radical (unpaired) electrons. The monoisotopic (exact) mass is 293 g/mol. The topological polar surface area (TPSA) is 86.6 Å². The van der Waals surface area contributed by atoms with Crippen LogP contribution in [0.25, 0.3) is 0 Å². The summed E-state index contributed by atoms with van der Waals surface area (Å²) in [5.74, 6) is -1.75. The molecule has 0 saturated heterocycles. The molecule has 1 aromatic carbocycles. The zero-order chi connectivity index (χ0) is 16.0. The molecule has 1 rings (SSSR count). The van der Waals surface area contributed by atoms with Crippen molar-refractivity contribution in [3.05, 3.63) is 29.8 Å². The fourth-order valence-corrected chi connectivity index (χ4v) is 2.12. The smallest absolute Gasteiger partial charge is 0.308 e. The Hall–Kier alpha value is -2.04. The van der Waals surface area contributed by atoms with Gasteiger partial charge >= 0.3 is 5.97 Å². The van der Waals surface area contributed by atoms with E-state index in [4.69, 9.17) is 0 Å². The summed E-state index contributed by atoms with van der Waals surface area (Å²) in [4.78, 5) is 23.1. The van der Waals surface area contributed by atoms with Gasteiger partial charge in [-0.3, -0.25) is 9.59 Å². The number of benzene rings is 1. The number of para-hydroxylation sites is 1. The summed E-state index contributed by atoms with van der Waals surface area (Å²) in [5.41, 5.74) is 0.406. The number of rotatable bonds is 6. The number of phenols is 1. The van der Waals surface area contributed by atoms with Gasteiger partial charge in [-0.1, -0.05) is 39.0 Å². The van der Waals surface area contributed by atoms with Gasteiger partial charge in [0.15, 0.2) is 0 Å². The minimum Gasteiger partial charge on any atom is -0.508 e. The van der Waals surface area contributed by atoms with Crippen LogP contribution < -0.4 is 5.32 Å². The van der Waals surface area contributed by atoms with Gasteiger partial charge in [-0.15, -0.1) is 0 Å². The maximum Gasteiger partial charge on any atom is 0.308 e. The van der Waals surface area contributed by atoms with Crippen LogP contribution in [-0.2, 0) is 16.0 Å². The first kappa shape index (κ1) is 17.0. The van der Waals surface area contributed by atoms with Crippen molar-refractivity contribution in [2.24, 2.45) is 11.3 Å². The standard InChI is InChI=1S/C16H23NO4/c1-16(2,3)9-12(15(20)21)10-17-14(19)8-11-6-4-5-7-13(11)18/h4-7,12,18H,8-10H2,1-3H3,(H,17,19)(H,20,21). The average Bonchev–Trinajstić information content (AvgIpc) is 2.35. The Morgan fingerprint density at radius 1 is 1.24 bits per heavy atom. The lowest BCUT2D eigenvalue weighted by atomic mass is 9.84. The highest BCUT2D eigenvalue weighted by Gasteiger charge is 2.25. The van der Waals surface area contributed by atoms with E-state index in [1.807, 2.05) is 20.8 Å². The Balaban J connectivity index is 2.54. The van der Waals surface area contributed by atoms with Crippen molar-refractivity contribution >= 4 is 11.9 Å². The van der Waals surface area contributed by atoms with E-state index in [9.17, 15) is 19.8 Å². The molecule has 116 valence electrons. The van der Waals surface area contributed by atoms with Crippen LogP contribution in [0.1, 0.15) is 32.8 Å². The van der Waals surface area contributed by atoms with E-state index in [0.717, 1.165) is 0 Å². The summed E-state index contributed by atoms with van der Waals surface area (Å²) in [7, 11) is 0. The lowest BCUT2D eigenvalue weighted by Crippen LogP contribution is -2.35. The third-order valence-electron chi connectivity index (χ3n) is 3.10. The van der Waals surface area contributed by atoms with Gasteiger partial charge in [-0.2, -0.15) is 0 Å². The largest absolute Gasteiger partial charge is 0.508 e. The second kappa shape index (κ2) is 7.11. The fourth-order valence-electron chi connectivity index (χ4n) is 2.12. The van der Waals surface area contributed by atoms with Crippen LogP contribution in [0.4, 0.5) is 0 Å². The molecule has 1 unspecified atom stereocenters. The highest BCUT2D eigenvalue weighted by molar-refractivity contribution is 5.80. The number of carboxylic acids is 1. The minimum atomic E-state index is -0.909. The SMILES string of the molecule is CC(C)(C)CC(CNC(=O)Cc1ccccc1O)C(=O)O. The highest BCUT2D eigenvalue weighted by Crippen LogP contribution is 2.24. The zero-order valence-corrected chi connectivity index (χ0v) is 12.7. The Bertz CT molecular complexity index is 505. The molecule has 1 aromatic rings. The molecule has 0 aliphatic rings. The van der Waals surface area contributed by atoms with E-state index in [2.05, 4.69) is 5.32 Å². The fraction of sp³-hybridized carbons (Fsp3) is 0.500. The molecule has 3 N–H and O–H groups in total. The molecule has 0 fully saturated rings. The first-order chi connectivity index (χ1) is 9.69. The number of nitrogens with one attached hydrogen (secondary N) is 1. The zero-order valence-electron chi connectivity index (χ0n) is 12.7. The number of phenolic OH excluding ortho intramolecular Hbond substituents is 1. The van der Waals surface area contributed by atoms with Crippen LogP contribution in [0, 0.1) is 11.3 Å². The molecule has 1 amide bonds. The molecular formula is C16H23NO4. The van der Waals surface area contributed by atoms with E-state index >= 15 is 0 Å². The first-order valence-electron chi connectivity index (χ1n) is 6.95. The summed E-state index contributed by atoms with van der Waals surface area (Å²) in [6.45, 7) is 5.99. The molecule has 21 heavy (non-hydrogen) atoms. The lowest BCUT2D eigenvalue weighted by molar-refractivity contribution is -0.142. The molecule has 0 saturated carbocycles. The Kier molecular flexibility index (Phi) is 5.76. The first-order valence-corrected chi connectivity index (χ1v) is 6.95. The van der Waals surface area contributed by atoms with Crippen LogP contribution >= 0.6 is 0 Å². The second-order valence-corrected chi connectivity index (χ2v) is 6.41. The Labute approximate surface area is 125 Å². The number of carbonyl (C=O) groups is 2. The normalized spacial score (nSPS) is 12.7. The van der Waals surface area contributed by atoms with Crippen molar-refractivity contribution in [1.82, 2.24) is 5.32 Å². The molecule has 1 atom stereocenters. The summed E-state index contributed by atoms with van der Waals surface area (Å²) in [6.07, 6.45) is 0.522. The predicted octanol–water partition coefficient (Wildman–Crippen LogP) is 2.19. The summed E-state index contributed by atoms with van der Waals surface area (Å²) >= 11 is 0. The number of hydrogen-bond acceptors (Lipinski definition) is 3. The van der Waals surface area contributed by atoms with Crippen LogP contribution in [0.15, 0.2) is 24.3 Å². The number of aromatic hydroxyl groups is 1. The second-order valence-electron chi connectivity index (χ2n) is 6.41. The van der Waals surface area contributed by atoms with Gasteiger partial charge < -0.3 is 15.5 Å². The van der Waals surface area contributed by atoms with Crippen molar-refractivity contribution in [1.29, 1.82) is 0 Å². The third kappa shape index (κ3) is 6.29. The molecule has 5 nitrogen and oxygen atoms in total. The maximum atomic E-state index is 11.8. The number of hydrogen-bond donors (Lipinski definition) is 3. The number of aliphatic carboxylic acids is 1. The van der Waals surface area contributed by atoms with Gasteiger partial charge in [0.1, 0.15) is 5.75 Å². The predicted molar refractivity (Wildman–Crippen MR) is 80.0 cm³/mol. The highest BCUT2D eigenvalue weighted by atomic mass is 16.4. The van der Waals surface area contributed by atoms with E-state index in [1.165, 1.54) is 6.07 Å². The van der Waals surface area contributed by atoms with Crippen molar-refractivity contribution in [2.75, 3.05) is 6.54 Å². The van der Waals surface area contributed by atoms with Gasteiger partial charge in [-0.05, 0) is 17.9 Å². The van der Waals surface area contributed by atoms with E-state index < -0.39 is 11.9 Å². The van der Waals surface area contributed by atoms with Crippen LogP contribution in [0.5, 0.6) is 5.75 Å². The number of carbonyl (C=O) groups excluding carboxylic acids is 1.